The largest absolute Gasteiger partial charge is 0.416 e. The summed E-state index contributed by atoms with van der Waals surface area (Å²) in [4.78, 5) is 1.82. The Morgan fingerprint density at radius 2 is 1.71 bits per heavy atom. The van der Waals surface area contributed by atoms with Gasteiger partial charge in [-0.2, -0.15) is 17.5 Å². The number of hydrogen-bond acceptors (Lipinski definition) is 5. The molecule has 6 nitrogen and oxygen atoms in total. The maximum absolute atomic E-state index is 12.8. The van der Waals surface area contributed by atoms with E-state index in [1.54, 1.807) is 0 Å². The number of benzene rings is 2. The van der Waals surface area contributed by atoms with Gasteiger partial charge in [-0.25, -0.2) is 8.42 Å². The minimum absolute atomic E-state index is 0.0228. The fraction of sp³-hybridized carbons (Fsp3) is 0.500. The van der Waals surface area contributed by atoms with Crippen LogP contribution in [-0.2, 0) is 27.4 Å². The average Bonchev–Trinajstić information content (AvgIpc) is 2.82. The van der Waals surface area contributed by atoms with E-state index in [9.17, 15) is 26.7 Å². The molecule has 1 saturated heterocycles. The van der Waals surface area contributed by atoms with Crippen molar-refractivity contribution in [2.24, 2.45) is 0 Å². The number of ether oxygens (including phenoxy) is 1. The summed E-state index contributed by atoms with van der Waals surface area (Å²) in [7, 11) is -3.88. The molecule has 4 rings (SSSR count). The molecule has 2 atom stereocenters. The summed E-state index contributed by atoms with van der Waals surface area (Å²) in [5.41, 5.74) is 1.59. The van der Waals surface area contributed by atoms with E-state index in [0.29, 0.717) is 19.6 Å². The van der Waals surface area contributed by atoms with Crippen LogP contribution in [0.1, 0.15) is 35.6 Å². The van der Waals surface area contributed by atoms with Crippen LogP contribution in [0.5, 0.6) is 0 Å². The molecule has 1 aliphatic carbocycles. The third-order valence-electron chi connectivity index (χ3n) is 6.42. The third-order valence-corrected chi connectivity index (χ3v) is 8.34. The maximum Gasteiger partial charge on any atom is 0.416 e. The number of aliphatic hydroxyl groups excluding tert-OH is 1. The van der Waals surface area contributed by atoms with E-state index >= 15 is 0 Å². The van der Waals surface area contributed by atoms with Gasteiger partial charge in [-0.1, -0.05) is 24.3 Å². The lowest BCUT2D eigenvalue weighted by Crippen LogP contribution is -2.50. The molecule has 34 heavy (non-hydrogen) atoms. The highest BCUT2D eigenvalue weighted by atomic mass is 32.2. The van der Waals surface area contributed by atoms with Crippen molar-refractivity contribution in [1.82, 2.24) is 9.21 Å². The Balaban J connectivity index is 1.26. The van der Waals surface area contributed by atoms with E-state index in [1.807, 2.05) is 17.0 Å². The number of aliphatic hydroxyl groups is 1. The van der Waals surface area contributed by atoms with Crippen LogP contribution in [0.2, 0.25) is 0 Å². The second-order valence-electron chi connectivity index (χ2n) is 8.79. The van der Waals surface area contributed by atoms with Gasteiger partial charge < -0.3 is 9.84 Å². The number of halogens is 3. The number of nitrogens with zero attached hydrogens (tertiary/aromatic N) is 2. The Morgan fingerprint density at radius 3 is 2.38 bits per heavy atom. The number of alkyl halides is 3. The topological polar surface area (TPSA) is 70.1 Å². The Kier molecular flexibility index (Phi) is 7.63. The van der Waals surface area contributed by atoms with Crippen molar-refractivity contribution >= 4 is 10.0 Å². The molecule has 0 radical (unpaired) electrons. The summed E-state index contributed by atoms with van der Waals surface area (Å²) in [6.45, 7) is 1.80. The van der Waals surface area contributed by atoms with Crippen LogP contribution < -0.4 is 0 Å². The Bertz CT molecular complexity index is 1070. The third kappa shape index (κ3) is 5.80. The van der Waals surface area contributed by atoms with Gasteiger partial charge in [0.1, 0.15) is 0 Å². The molecular formula is C24H29F3N2O4S. The molecule has 0 saturated carbocycles. The van der Waals surface area contributed by atoms with Gasteiger partial charge in [-0.3, -0.25) is 4.90 Å². The van der Waals surface area contributed by atoms with Crippen molar-refractivity contribution in [2.45, 2.75) is 42.5 Å². The number of piperazine rings is 1. The van der Waals surface area contributed by atoms with Gasteiger partial charge in [0.25, 0.3) is 0 Å². The minimum atomic E-state index is -4.52. The zero-order chi connectivity index (χ0) is 24.3. The van der Waals surface area contributed by atoms with Crippen LogP contribution in [-0.4, -0.2) is 68.2 Å². The van der Waals surface area contributed by atoms with Crippen molar-refractivity contribution in [3.05, 3.63) is 65.2 Å². The number of aryl methyl sites for hydroxylation is 1. The molecule has 0 bridgehead atoms. The molecule has 2 aromatic rings. The molecule has 0 spiro atoms. The van der Waals surface area contributed by atoms with Gasteiger partial charge in [0.05, 0.1) is 29.3 Å². The van der Waals surface area contributed by atoms with E-state index in [1.165, 1.54) is 15.4 Å². The highest BCUT2D eigenvalue weighted by Crippen LogP contribution is 2.32. The van der Waals surface area contributed by atoms with Crippen LogP contribution in [0.15, 0.2) is 53.4 Å². The van der Waals surface area contributed by atoms with E-state index in [-0.39, 0.29) is 30.7 Å². The normalized spacial score (nSPS) is 21.2. The molecule has 1 fully saturated rings. The Labute approximate surface area is 198 Å². The molecule has 0 amide bonds. The fourth-order valence-electron chi connectivity index (χ4n) is 4.58. The first-order valence-electron chi connectivity index (χ1n) is 11.4. The summed E-state index contributed by atoms with van der Waals surface area (Å²) < 4.78 is 71.2. The highest BCUT2D eigenvalue weighted by Gasteiger charge is 2.33. The molecule has 0 unspecified atom stereocenters. The van der Waals surface area contributed by atoms with Gasteiger partial charge in [0.15, 0.2) is 0 Å². The first kappa shape index (κ1) is 25.1. The molecular weight excluding hydrogens is 469 g/mol. The first-order valence-corrected chi connectivity index (χ1v) is 12.9. The van der Waals surface area contributed by atoms with Gasteiger partial charge in [0.2, 0.25) is 10.0 Å². The van der Waals surface area contributed by atoms with E-state index in [0.717, 1.165) is 43.5 Å². The number of rotatable bonds is 7. The lowest BCUT2D eigenvalue weighted by Gasteiger charge is -2.35. The SMILES string of the molecule is O=S(=O)(c1ccc(C(F)(F)F)cc1)N1CCN(C[C@@H](O)CO[C@H]2CCCc3ccccc32)CC1. The Hall–Kier alpha value is -1.98. The number of hydrogen-bond donors (Lipinski definition) is 1. The van der Waals surface area contributed by atoms with Crippen molar-refractivity contribution in [2.75, 3.05) is 39.3 Å². The smallest absolute Gasteiger partial charge is 0.389 e. The minimum Gasteiger partial charge on any atom is -0.389 e. The summed E-state index contributed by atoms with van der Waals surface area (Å²) >= 11 is 0. The van der Waals surface area contributed by atoms with Crippen LogP contribution in [0.3, 0.4) is 0 Å². The molecule has 186 valence electrons. The first-order chi connectivity index (χ1) is 16.1. The average molecular weight is 499 g/mol. The van der Waals surface area contributed by atoms with Crippen LogP contribution >= 0.6 is 0 Å². The summed E-state index contributed by atoms with van der Waals surface area (Å²) in [5.74, 6) is 0. The van der Waals surface area contributed by atoms with E-state index in [2.05, 4.69) is 12.1 Å². The zero-order valence-electron chi connectivity index (χ0n) is 18.7. The zero-order valence-corrected chi connectivity index (χ0v) is 19.6. The standard InChI is InChI=1S/C24H29F3N2O4S/c25-24(26,27)19-8-10-21(11-9-19)34(31,32)29-14-12-28(13-15-29)16-20(30)17-33-23-7-3-5-18-4-1-2-6-22(18)23/h1-2,4,6,8-11,20,23,30H,3,5,7,12-17H2/t20-,23+/m1/s1. The quantitative estimate of drug-likeness (QED) is 0.633. The summed E-state index contributed by atoms with van der Waals surface area (Å²) in [5, 5.41) is 10.5. The highest BCUT2D eigenvalue weighted by molar-refractivity contribution is 7.89. The van der Waals surface area contributed by atoms with Crippen LogP contribution in [0.4, 0.5) is 13.2 Å². The molecule has 2 aromatic carbocycles. The van der Waals surface area contributed by atoms with Gasteiger partial charge in [0, 0.05) is 32.7 Å². The molecule has 0 aromatic heterocycles. The van der Waals surface area contributed by atoms with E-state index < -0.39 is 27.9 Å². The van der Waals surface area contributed by atoms with Crippen molar-refractivity contribution in [3.63, 3.8) is 0 Å². The fourth-order valence-corrected chi connectivity index (χ4v) is 6.00. The summed E-state index contributed by atoms with van der Waals surface area (Å²) in [6, 6.07) is 11.8. The number of sulfonamides is 1. The van der Waals surface area contributed by atoms with Crippen LogP contribution in [0.25, 0.3) is 0 Å². The van der Waals surface area contributed by atoms with Gasteiger partial charge >= 0.3 is 6.18 Å². The molecule has 1 aliphatic heterocycles. The molecule has 2 aliphatic rings. The van der Waals surface area contributed by atoms with Crippen molar-refractivity contribution < 1.29 is 31.4 Å². The van der Waals surface area contributed by atoms with Gasteiger partial charge in [-0.15, -0.1) is 0 Å². The lowest BCUT2D eigenvalue weighted by molar-refractivity contribution is -0.137. The second kappa shape index (κ2) is 10.3. The number of β-amino-alcohol motifs (C(OH)–C–C–N with tert-alkyl or cyclic N) is 1. The molecule has 1 N–H and O–H groups in total. The second-order valence-corrected chi connectivity index (χ2v) is 10.7. The predicted octanol–water partition coefficient (Wildman–Crippen LogP) is 3.47. The predicted molar refractivity (Wildman–Crippen MR) is 121 cm³/mol. The molecule has 10 heteroatoms. The van der Waals surface area contributed by atoms with Crippen molar-refractivity contribution in [1.29, 1.82) is 0 Å². The molecule has 1 heterocycles. The van der Waals surface area contributed by atoms with Gasteiger partial charge in [-0.05, 0) is 54.7 Å². The van der Waals surface area contributed by atoms with Crippen molar-refractivity contribution in [3.8, 4) is 0 Å². The number of fused-ring (bicyclic) bond motifs is 1. The summed E-state index contributed by atoms with van der Waals surface area (Å²) in [6.07, 6.45) is -2.23. The Morgan fingerprint density at radius 1 is 1.03 bits per heavy atom. The van der Waals surface area contributed by atoms with E-state index in [4.69, 9.17) is 4.74 Å². The lowest BCUT2D eigenvalue weighted by atomic mass is 9.89. The maximum atomic E-state index is 12.8. The van der Waals surface area contributed by atoms with Crippen LogP contribution in [0, 0.1) is 0 Å². The monoisotopic (exact) mass is 498 g/mol.